The lowest BCUT2D eigenvalue weighted by Gasteiger charge is -1.98. The summed E-state index contributed by atoms with van der Waals surface area (Å²) in [7, 11) is 0. The molecule has 0 aliphatic carbocycles. The van der Waals surface area contributed by atoms with Crippen molar-refractivity contribution in [1.29, 1.82) is 0 Å². The summed E-state index contributed by atoms with van der Waals surface area (Å²) in [5, 5.41) is 2.69. The summed E-state index contributed by atoms with van der Waals surface area (Å²) in [5.74, 6) is 1.33. The fraction of sp³-hybridized carbons (Fsp3) is 0.600. The molecule has 0 spiro atoms. The van der Waals surface area contributed by atoms with Gasteiger partial charge in [-0.1, -0.05) is 20.8 Å². The number of rotatable bonds is 3. The molecule has 1 heterocycles. The first-order valence-corrected chi connectivity index (χ1v) is 4.90. The molecule has 1 N–H and O–H groups in total. The van der Waals surface area contributed by atoms with Gasteiger partial charge in [-0.25, -0.2) is 4.98 Å². The molecule has 0 saturated carbocycles. The maximum atomic E-state index is 10.8. The molecule has 1 amide bonds. The summed E-state index contributed by atoms with van der Waals surface area (Å²) >= 11 is 0. The number of nitrogens with one attached hydrogen (secondary N) is 1. The van der Waals surface area contributed by atoms with E-state index in [-0.39, 0.29) is 5.91 Å². The van der Waals surface area contributed by atoms with Gasteiger partial charge in [0, 0.05) is 13.3 Å². The minimum atomic E-state index is 0.0176. The molecule has 0 radical (unpaired) electrons. The minimum absolute atomic E-state index is 0.0176. The summed E-state index contributed by atoms with van der Waals surface area (Å²) in [6.45, 7) is 8.00. The van der Waals surface area contributed by atoms with Crippen LogP contribution in [0.4, 0.5) is 0 Å². The van der Waals surface area contributed by atoms with Crippen molar-refractivity contribution in [3.63, 3.8) is 0 Å². The van der Waals surface area contributed by atoms with Crippen molar-refractivity contribution in [2.75, 3.05) is 0 Å². The van der Waals surface area contributed by atoms with E-state index in [0.717, 1.165) is 0 Å². The zero-order valence-electron chi connectivity index (χ0n) is 9.26. The third kappa shape index (κ3) is 4.64. The number of hydrogen-bond donors (Lipinski definition) is 1. The average molecular weight is 198 g/mol. The molecule has 0 atom stereocenters. The van der Waals surface area contributed by atoms with Gasteiger partial charge in [0.05, 0.1) is 12.7 Å². The monoisotopic (exact) mass is 198 g/mol. The Hall–Kier alpha value is -1.32. The van der Waals surface area contributed by atoms with Gasteiger partial charge in [0.2, 0.25) is 5.91 Å². The SMILES string of the molecule is CC.CCC(=O)NCc1cnc(C)o1. The van der Waals surface area contributed by atoms with E-state index in [0.29, 0.717) is 24.6 Å². The van der Waals surface area contributed by atoms with Gasteiger partial charge in [-0.15, -0.1) is 0 Å². The number of carbonyl (C=O) groups is 1. The molecule has 0 aliphatic heterocycles. The topological polar surface area (TPSA) is 55.1 Å². The number of hydrogen-bond acceptors (Lipinski definition) is 3. The quantitative estimate of drug-likeness (QED) is 0.808. The first-order chi connectivity index (χ1) is 6.72. The molecule has 0 saturated heterocycles. The molecule has 0 unspecified atom stereocenters. The Kier molecular flexibility index (Phi) is 6.45. The average Bonchev–Trinajstić information content (AvgIpc) is 2.64. The van der Waals surface area contributed by atoms with Crippen LogP contribution in [-0.2, 0) is 11.3 Å². The minimum Gasteiger partial charge on any atom is -0.444 e. The number of aromatic nitrogens is 1. The predicted octanol–water partition coefficient (Wildman–Crippen LogP) is 2.04. The van der Waals surface area contributed by atoms with Gasteiger partial charge in [-0.05, 0) is 0 Å². The maximum Gasteiger partial charge on any atom is 0.220 e. The first kappa shape index (κ1) is 12.7. The Morgan fingerprint density at radius 3 is 2.64 bits per heavy atom. The molecule has 0 aliphatic rings. The number of carbonyl (C=O) groups excluding carboxylic acids is 1. The van der Waals surface area contributed by atoms with Gasteiger partial charge in [-0.3, -0.25) is 4.79 Å². The lowest BCUT2D eigenvalue weighted by Crippen LogP contribution is -2.20. The molecular weight excluding hydrogens is 180 g/mol. The third-order valence-electron chi connectivity index (χ3n) is 1.45. The molecule has 0 aromatic carbocycles. The van der Waals surface area contributed by atoms with Crippen molar-refractivity contribution < 1.29 is 9.21 Å². The van der Waals surface area contributed by atoms with Crippen LogP contribution in [0.5, 0.6) is 0 Å². The second kappa shape index (κ2) is 7.12. The molecular formula is C10H18N2O2. The molecule has 1 aromatic rings. The second-order valence-corrected chi connectivity index (χ2v) is 2.48. The lowest BCUT2D eigenvalue weighted by atomic mass is 10.4. The van der Waals surface area contributed by atoms with E-state index in [1.165, 1.54) is 0 Å². The van der Waals surface area contributed by atoms with Gasteiger partial charge in [0.15, 0.2) is 5.89 Å². The summed E-state index contributed by atoms with van der Waals surface area (Å²) < 4.78 is 5.15. The molecule has 0 fully saturated rings. The molecule has 4 nitrogen and oxygen atoms in total. The van der Waals surface area contributed by atoms with Crippen molar-refractivity contribution in [2.45, 2.75) is 40.7 Å². The number of amides is 1. The van der Waals surface area contributed by atoms with Crippen molar-refractivity contribution >= 4 is 5.91 Å². The third-order valence-corrected chi connectivity index (χ3v) is 1.45. The van der Waals surface area contributed by atoms with Crippen LogP contribution >= 0.6 is 0 Å². The highest BCUT2D eigenvalue weighted by Gasteiger charge is 2.01. The predicted molar refractivity (Wildman–Crippen MR) is 54.7 cm³/mol. The van der Waals surface area contributed by atoms with Crippen LogP contribution in [0.25, 0.3) is 0 Å². The number of nitrogens with zero attached hydrogens (tertiary/aromatic N) is 1. The van der Waals surface area contributed by atoms with E-state index >= 15 is 0 Å². The summed E-state index contributed by atoms with van der Waals surface area (Å²) in [6.07, 6.45) is 2.11. The zero-order chi connectivity index (χ0) is 11.0. The van der Waals surface area contributed by atoms with E-state index in [1.54, 1.807) is 20.0 Å². The van der Waals surface area contributed by atoms with Gasteiger partial charge in [0.1, 0.15) is 5.76 Å². The van der Waals surface area contributed by atoms with Crippen LogP contribution in [0.2, 0.25) is 0 Å². The molecule has 0 bridgehead atoms. The van der Waals surface area contributed by atoms with Crippen molar-refractivity contribution in [3.05, 3.63) is 17.8 Å². The van der Waals surface area contributed by atoms with Gasteiger partial charge in [0.25, 0.3) is 0 Å². The summed E-state index contributed by atoms with van der Waals surface area (Å²) in [6, 6.07) is 0. The Balaban J connectivity index is 0.000000791. The summed E-state index contributed by atoms with van der Waals surface area (Å²) in [4.78, 5) is 14.7. The Morgan fingerprint density at radius 2 is 2.21 bits per heavy atom. The Labute approximate surface area is 84.7 Å². The van der Waals surface area contributed by atoms with Gasteiger partial charge >= 0.3 is 0 Å². The van der Waals surface area contributed by atoms with Crippen LogP contribution in [0.3, 0.4) is 0 Å². The van der Waals surface area contributed by atoms with E-state index in [1.807, 2.05) is 13.8 Å². The highest BCUT2D eigenvalue weighted by Crippen LogP contribution is 2.00. The van der Waals surface area contributed by atoms with Crippen LogP contribution in [-0.4, -0.2) is 10.9 Å². The molecule has 14 heavy (non-hydrogen) atoms. The highest BCUT2D eigenvalue weighted by molar-refractivity contribution is 5.75. The zero-order valence-corrected chi connectivity index (χ0v) is 9.26. The standard InChI is InChI=1S/C8H12N2O2.C2H6/c1-3-8(11)10-5-7-4-9-6(2)12-7;1-2/h4H,3,5H2,1-2H3,(H,10,11);1-2H3. The van der Waals surface area contributed by atoms with Gasteiger partial charge in [-0.2, -0.15) is 0 Å². The Bertz CT molecular complexity index is 269. The van der Waals surface area contributed by atoms with E-state index in [2.05, 4.69) is 10.3 Å². The maximum absolute atomic E-state index is 10.8. The van der Waals surface area contributed by atoms with E-state index in [9.17, 15) is 4.79 Å². The molecule has 80 valence electrons. The van der Waals surface area contributed by atoms with Crippen LogP contribution in [0, 0.1) is 6.92 Å². The van der Waals surface area contributed by atoms with E-state index in [4.69, 9.17) is 4.42 Å². The fourth-order valence-electron chi connectivity index (χ4n) is 0.798. The fourth-order valence-corrected chi connectivity index (χ4v) is 0.798. The normalized spacial score (nSPS) is 8.86. The number of aryl methyl sites for hydroxylation is 1. The molecule has 1 aromatic heterocycles. The van der Waals surface area contributed by atoms with Crippen LogP contribution in [0.1, 0.15) is 38.8 Å². The summed E-state index contributed by atoms with van der Waals surface area (Å²) in [5.41, 5.74) is 0. The van der Waals surface area contributed by atoms with Crippen LogP contribution < -0.4 is 5.32 Å². The Morgan fingerprint density at radius 1 is 1.57 bits per heavy atom. The smallest absolute Gasteiger partial charge is 0.220 e. The first-order valence-electron chi connectivity index (χ1n) is 4.90. The van der Waals surface area contributed by atoms with Crippen molar-refractivity contribution in [1.82, 2.24) is 10.3 Å². The lowest BCUT2D eigenvalue weighted by molar-refractivity contribution is -0.121. The second-order valence-electron chi connectivity index (χ2n) is 2.48. The molecule has 1 rings (SSSR count). The molecule has 4 heteroatoms. The van der Waals surface area contributed by atoms with Crippen molar-refractivity contribution in [2.24, 2.45) is 0 Å². The van der Waals surface area contributed by atoms with Crippen molar-refractivity contribution in [3.8, 4) is 0 Å². The number of oxazole rings is 1. The van der Waals surface area contributed by atoms with Crippen LogP contribution in [0.15, 0.2) is 10.6 Å². The van der Waals surface area contributed by atoms with Gasteiger partial charge < -0.3 is 9.73 Å². The largest absolute Gasteiger partial charge is 0.444 e. The van der Waals surface area contributed by atoms with E-state index < -0.39 is 0 Å². The highest BCUT2D eigenvalue weighted by atomic mass is 16.4.